The van der Waals surface area contributed by atoms with Crippen LogP contribution in [0.4, 0.5) is 5.69 Å². The molecule has 2 aliphatic heterocycles. The molecular weight excluding hydrogens is 308 g/mol. The third kappa shape index (κ3) is 2.58. The van der Waals surface area contributed by atoms with Gasteiger partial charge in [-0.2, -0.15) is 0 Å². The Morgan fingerprint density at radius 1 is 1.09 bits per heavy atom. The van der Waals surface area contributed by atoms with Crippen molar-refractivity contribution in [3.05, 3.63) is 47.0 Å². The molecule has 2 aromatic rings. The molecule has 0 unspecified atom stereocenters. The van der Waals surface area contributed by atoms with Crippen molar-refractivity contribution in [2.24, 2.45) is 0 Å². The monoisotopic (exact) mass is 328 g/mol. The fourth-order valence-corrected chi connectivity index (χ4v) is 4.15. The van der Waals surface area contributed by atoms with Crippen molar-refractivity contribution in [1.82, 2.24) is 5.32 Å². The smallest absolute Gasteiger partial charge is 0.126 e. The van der Waals surface area contributed by atoms with Gasteiger partial charge in [0.15, 0.2) is 0 Å². The molecule has 120 valence electrons. The summed E-state index contributed by atoms with van der Waals surface area (Å²) in [6.07, 6.45) is 2.32. The van der Waals surface area contributed by atoms with E-state index < -0.39 is 0 Å². The van der Waals surface area contributed by atoms with Gasteiger partial charge in [-0.3, -0.25) is 0 Å². The zero-order valence-electron chi connectivity index (χ0n) is 13.2. The van der Waals surface area contributed by atoms with E-state index >= 15 is 0 Å². The van der Waals surface area contributed by atoms with E-state index in [1.165, 1.54) is 16.8 Å². The third-order valence-corrected chi connectivity index (χ3v) is 5.25. The van der Waals surface area contributed by atoms with Crippen LogP contribution in [0.15, 0.2) is 36.4 Å². The van der Waals surface area contributed by atoms with E-state index in [1.807, 2.05) is 18.2 Å². The average molecular weight is 329 g/mol. The maximum absolute atomic E-state index is 6.26. The van der Waals surface area contributed by atoms with Gasteiger partial charge in [-0.05, 0) is 61.3 Å². The lowest BCUT2D eigenvalue weighted by atomic mass is 9.85. The molecule has 0 bridgehead atoms. The molecule has 2 atom stereocenters. The van der Waals surface area contributed by atoms with Crippen molar-refractivity contribution in [3.8, 4) is 16.9 Å². The molecule has 2 aliphatic rings. The lowest BCUT2D eigenvalue weighted by Crippen LogP contribution is -2.21. The van der Waals surface area contributed by atoms with Crippen molar-refractivity contribution in [1.29, 1.82) is 0 Å². The Morgan fingerprint density at radius 2 is 1.96 bits per heavy atom. The molecule has 23 heavy (non-hydrogen) atoms. The molecule has 3 nitrogen and oxygen atoms in total. The number of nitrogens with one attached hydrogen (secondary N) is 2. The van der Waals surface area contributed by atoms with Crippen LogP contribution < -0.4 is 15.4 Å². The van der Waals surface area contributed by atoms with Crippen LogP contribution in [0, 0.1) is 0 Å². The Hall–Kier alpha value is -1.71. The Morgan fingerprint density at radius 3 is 2.83 bits per heavy atom. The molecule has 0 saturated carbocycles. The van der Waals surface area contributed by atoms with E-state index in [0.717, 1.165) is 42.3 Å². The number of methoxy groups -OCH3 is 1. The summed E-state index contributed by atoms with van der Waals surface area (Å²) >= 11 is 6.26. The molecule has 0 radical (unpaired) electrons. The summed E-state index contributed by atoms with van der Waals surface area (Å²) in [6, 6.07) is 12.9. The van der Waals surface area contributed by atoms with Gasteiger partial charge in [0.2, 0.25) is 0 Å². The first-order chi connectivity index (χ1) is 11.3. The van der Waals surface area contributed by atoms with E-state index in [1.54, 1.807) is 7.11 Å². The number of ether oxygens (including phenoxy) is 1. The van der Waals surface area contributed by atoms with Crippen LogP contribution in [-0.4, -0.2) is 26.2 Å². The van der Waals surface area contributed by atoms with Crippen LogP contribution in [0.2, 0.25) is 5.02 Å². The van der Waals surface area contributed by atoms with Crippen LogP contribution in [0.25, 0.3) is 11.1 Å². The summed E-state index contributed by atoms with van der Waals surface area (Å²) in [4.78, 5) is 0. The van der Waals surface area contributed by atoms with Gasteiger partial charge in [0.1, 0.15) is 5.75 Å². The molecule has 0 aromatic heterocycles. The highest BCUT2D eigenvalue weighted by atomic mass is 35.5. The van der Waals surface area contributed by atoms with Crippen molar-refractivity contribution < 1.29 is 4.74 Å². The van der Waals surface area contributed by atoms with Crippen LogP contribution in [0.1, 0.15) is 24.3 Å². The van der Waals surface area contributed by atoms with Gasteiger partial charge in [0.05, 0.1) is 7.11 Å². The number of fused-ring (bicyclic) bond motifs is 3. The normalized spacial score (nSPS) is 22.7. The number of halogens is 1. The molecule has 2 heterocycles. The predicted octanol–water partition coefficient (Wildman–Crippen LogP) is 4.28. The number of hydrogen-bond acceptors (Lipinski definition) is 3. The first-order valence-corrected chi connectivity index (χ1v) is 8.60. The second-order valence-corrected chi connectivity index (χ2v) is 6.73. The maximum Gasteiger partial charge on any atom is 0.126 e. The number of hydrogen-bond donors (Lipinski definition) is 2. The number of benzene rings is 2. The fourth-order valence-electron chi connectivity index (χ4n) is 3.98. The molecule has 1 saturated heterocycles. The van der Waals surface area contributed by atoms with Gasteiger partial charge >= 0.3 is 0 Å². The SMILES string of the molecule is COc1ccc(Cl)cc1-c1cccc2c1[C@@H]1CCNCC[C@@H]1N2. The molecule has 1 fully saturated rings. The van der Waals surface area contributed by atoms with E-state index in [4.69, 9.17) is 16.3 Å². The lowest BCUT2D eigenvalue weighted by molar-refractivity contribution is 0.416. The van der Waals surface area contributed by atoms with Gasteiger partial charge in [0.25, 0.3) is 0 Å². The summed E-state index contributed by atoms with van der Waals surface area (Å²) in [5, 5.41) is 7.98. The molecule has 4 heteroatoms. The molecule has 2 N–H and O–H groups in total. The van der Waals surface area contributed by atoms with Gasteiger partial charge < -0.3 is 15.4 Å². The first kappa shape index (κ1) is 14.9. The third-order valence-electron chi connectivity index (χ3n) is 5.02. The van der Waals surface area contributed by atoms with Crippen LogP contribution in [0.3, 0.4) is 0 Å². The molecule has 2 aromatic carbocycles. The summed E-state index contributed by atoms with van der Waals surface area (Å²) in [6.45, 7) is 2.15. The molecule has 0 aliphatic carbocycles. The lowest BCUT2D eigenvalue weighted by Gasteiger charge is -2.19. The molecular formula is C19H21ClN2O. The molecule has 0 spiro atoms. The van der Waals surface area contributed by atoms with E-state index in [9.17, 15) is 0 Å². The fraction of sp³-hybridized carbons (Fsp3) is 0.368. The topological polar surface area (TPSA) is 33.3 Å². The minimum atomic E-state index is 0.520. The minimum absolute atomic E-state index is 0.520. The Bertz CT molecular complexity index is 731. The molecule has 0 amide bonds. The van der Waals surface area contributed by atoms with E-state index in [0.29, 0.717) is 12.0 Å². The highest BCUT2D eigenvalue weighted by Gasteiger charge is 2.35. The highest BCUT2D eigenvalue weighted by molar-refractivity contribution is 6.31. The quantitative estimate of drug-likeness (QED) is 0.863. The summed E-state index contributed by atoms with van der Waals surface area (Å²) in [7, 11) is 1.71. The van der Waals surface area contributed by atoms with Gasteiger partial charge in [-0.15, -0.1) is 0 Å². The van der Waals surface area contributed by atoms with Crippen molar-refractivity contribution in [2.75, 3.05) is 25.5 Å². The van der Waals surface area contributed by atoms with Crippen LogP contribution >= 0.6 is 11.6 Å². The second kappa shape index (κ2) is 6.06. The van der Waals surface area contributed by atoms with Gasteiger partial charge in [-0.1, -0.05) is 23.7 Å². The predicted molar refractivity (Wildman–Crippen MR) is 95.7 cm³/mol. The zero-order valence-corrected chi connectivity index (χ0v) is 14.0. The van der Waals surface area contributed by atoms with Crippen molar-refractivity contribution >= 4 is 17.3 Å². The van der Waals surface area contributed by atoms with Crippen LogP contribution in [-0.2, 0) is 0 Å². The Kier molecular flexibility index (Phi) is 3.92. The number of rotatable bonds is 2. The maximum atomic E-state index is 6.26. The second-order valence-electron chi connectivity index (χ2n) is 6.30. The Balaban J connectivity index is 1.87. The highest BCUT2D eigenvalue weighted by Crippen LogP contribution is 2.47. The zero-order chi connectivity index (χ0) is 15.8. The largest absolute Gasteiger partial charge is 0.496 e. The Labute approximate surface area is 142 Å². The van der Waals surface area contributed by atoms with E-state index in [-0.39, 0.29) is 0 Å². The van der Waals surface area contributed by atoms with Crippen molar-refractivity contribution in [2.45, 2.75) is 24.8 Å². The minimum Gasteiger partial charge on any atom is -0.496 e. The van der Waals surface area contributed by atoms with Crippen molar-refractivity contribution in [3.63, 3.8) is 0 Å². The first-order valence-electron chi connectivity index (χ1n) is 8.22. The van der Waals surface area contributed by atoms with Crippen LogP contribution in [0.5, 0.6) is 5.75 Å². The van der Waals surface area contributed by atoms with Gasteiger partial charge in [0, 0.05) is 28.2 Å². The molecule has 4 rings (SSSR count). The number of anilines is 1. The standard InChI is InChI=1S/C19H21ClN2O/c1-23-18-6-5-12(20)11-15(18)13-3-2-4-17-19(13)14-7-9-21-10-8-16(14)22-17/h2-6,11,14,16,21-22H,7-10H2,1H3/t14-,16+/m1/s1. The summed E-state index contributed by atoms with van der Waals surface area (Å²) in [5.74, 6) is 1.41. The summed E-state index contributed by atoms with van der Waals surface area (Å²) < 4.78 is 5.58. The van der Waals surface area contributed by atoms with E-state index in [2.05, 4.69) is 28.8 Å². The summed E-state index contributed by atoms with van der Waals surface area (Å²) in [5.41, 5.74) is 5.00. The average Bonchev–Trinajstić information content (AvgIpc) is 2.76. The van der Waals surface area contributed by atoms with Gasteiger partial charge in [-0.25, -0.2) is 0 Å².